The molecule has 0 bridgehead atoms. The smallest absolute Gasteiger partial charge is 0.191 e. The Morgan fingerprint density at radius 1 is 1.05 bits per heavy atom. The molecule has 0 unspecified atom stereocenters. The predicted molar refractivity (Wildman–Crippen MR) is 166 cm³/mol. The van der Waals surface area contributed by atoms with E-state index in [2.05, 4.69) is 23.7 Å². The Bertz CT molecular complexity index is 1430. The molecule has 2 fully saturated rings. The summed E-state index contributed by atoms with van der Waals surface area (Å²) in [5.74, 6) is 1.94. The first-order valence-corrected chi connectivity index (χ1v) is 15.1. The van der Waals surface area contributed by atoms with Crippen LogP contribution in [0, 0.1) is 17.3 Å². The summed E-state index contributed by atoms with van der Waals surface area (Å²) in [6, 6.07) is 21.5. The van der Waals surface area contributed by atoms with Crippen molar-refractivity contribution in [3.8, 4) is 5.75 Å². The lowest BCUT2D eigenvalue weighted by atomic mass is 9.55. The standard InChI is InChI=1S/C33H36ClN3O2S/c1-33-16-15-25-26(28(33)13-14-31(33)39)12-9-21-19-30(38)22(17-27(21)25)18-29(20-7-10-23(34)11-8-20)36-37-32(40)35-24-5-3-2-4-6-24/h2-8,10-11,17,19,25-26,28,31,38-39H,9,12-16,18H2,1H3,(H2,35,37,40)/b36-29-/t25-,26+,28-,31-,33-/m0/s1. The number of thiocarbonyl (C=S) groups is 1. The van der Waals surface area contributed by atoms with Crippen molar-refractivity contribution in [2.24, 2.45) is 22.4 Å². The topological polar surface area (TPSA) is 76.9 Å². The van der Waals surface area contributed by atoms with Gasteiger partial charge in [0.2, 0.25) is 0 Å². The number of nitrogens with zero attached hydrogens (tertiary/aromatic N) is 1. The van der Waals surface area contributed by atoms with E-state index in [1.54, 1.807) is 0 Å². The van der Waals surface area contributed by atoms with Gasteiger partial charge in [0.05, 0.1) is 11.8 Å². The fraction of sp³-hybridized carbons (Fsp3) is 0.394. The maximum atomic E-state index is 11.1. The van der Waals surface area contributed by atoms with E-state index in [9.17, 15) is 10.2 Å². The molecule has 5 atom stereocenters. The number of benzene rings is 3. The second kappa shape index (κ2) is 11.2. The van der Waals surface area contributed by atoms with Crippen molar-refractivity contribution in [3.05, 3.63) is 94.0 Å². The molecule has 0 saturated heterocycles. The molecule has 3 aliphatic carbocycles. The van der Waals surface area contributed by atoms with E-state index in [0.717, 1.165) is 61.1 Å². The van der Waals surface area contributed by atoms with Gasteiger partial charge in [-0.3, -0.25) is 5.43 Å². The molecule has 3 aromatic carbocycles. The Balaban J connectivity index is 1.28. The van der Waals surface area contributed by atoms with Crippen LogP contribution in [0.2, 0.25) is 5.02 Å². The number of hydrazone groups is 1. The fourth-order valence-electron chi connectivity index (χ4n) is 7.60. The fourth-order valence-corrected chi connectivity index (χ4v) is 7.89. The summed E-state index contributed by atoms with van der Waals surface area (Å²) in [5, 5.41) is 30.8. The van der Waals surface area contributed by atoms with E-state index in [4.69, 9.17) is 28.9 Å². The number of fused-ring (bicyclic) bond motifs is 5. The molecule has 2 saturated carbocycles. The number of rotatable bonds is 5. The third-order valence-electron chi connectivity index (χ3n) is 9.73. The number of hydrogen-bond acceptors (Lipinski definition) is 4. The number of aromatic hydroxyl groups is 1. The van der Waals surface area contributed by atoms with Gasteiger partial charge in [-0.05, 0) is 121 Å². The van der Waals surface area contributed by atoms with Crippen molar-refractivity contribution in [1.82, 2.24) is 5.43 Å². The number of anilines is 1. The van der Waals surface area contributed by atoms with Crippen LogP contribution in [-0.2, 0) is 12.8 Å². The number of nitrogens with one attached hydrogen (secondary N) is 2. The number of aliphatic hydroxyl groups excluding tert-OH is 1. The number of hydrogen-bond donors (Lipinski definition) is 4. The van der Waals surface area contributed by atoms with Gasteiger partial charge in [0.15, 0.2) is 5.11 Å². The number of para-hydroxylation sites is 1. The van der Waals surface area contributed by atoms with Gasteiger partial charge in [-0.15, -0.1) is 0 Å². The SMILES string of the molecule is C[C@]12CC[C@@H]3c4cc(C/C(=N/NC(=S)Nc5ccccc5)c5ccc(Cl)cc5)c(O)cc4CC[C@H]3[C@@H]1CC[C@@H]2O. The minimum absolute atomic E-state index is 0.0463. The highest BCUT2D eigenvalue weighted by Crippen LogP contribution is 2.61. The van der Waals surface area contributed by atoms with Gasteiger partial charge in [-0.25, -0.2) is 0 Å². The summed E-state index contributed by atoms with van der Waals surface area (Å²) in [4.78, 5) is 0. The second-order valence-electron chi connectivity index (χ2n) is 11.9. The highest BCUT2D eigenvalue weighted by molar-refractivity contribution is 7.80. The van der Waals surface area contributed by atoms with Crippen LogP contribution in [0.5, 0.6) is 5.75 Å². The largest absolute Gasteiger partial charge is 0.508 e. The van der Waals surface area contributed by atoms with E-state index in [-0.39, 0.29) is 11.5 Å². The zero-order chi connectivity index (χ0) is 27.9. The Morgan fingerprint density at radius 2 is 1.82 bits per heavy atom. The van der Waals surface area contributed by atoms with Gasteiger partial charge in [0, 0.05) is 22.7 Å². The lowest BCUT2D eigenvalue weighted by molar-refractivity contribution is -0.0226. The van der Waals surface area contributed by atoms with Crippen molar-refractivity contribution in [2.45, 2.75) is 63.9 Å². The van der Waals surface area contributed by atoms with Crippen molar-refractivity contribution >= 4 is 40.3 Å². The Morgan fingerprint density at radius 3 is 2.60 bits per heavy atom. The molecule has 0 radical (unpaired) electrons. The third-order valence-corrected chi connectivity index (χ3v) is 10.2. The maximum absolute atomic E-state index is 11.1. The van der Waals surface area contributed by atoms with Gasteiger partial charge in [-0.2, -0.15) is 5.10 Å². The highest BCUT2D eigenvalue weighted by atomic mass is 35.5. The van der Waals surface area contributed by atoms with Crippen LogP contribution < -0.4 is 10.7 Å². The molecule has 6 rings (SSSR count). The molecule has 0 aliphatic heterocycles. The highest BCUT2D eigenvalue weighted by Gasteiger charge is 2.54. The number of phenols is 1. The Hall–Kier alpha value is -2.93. The molecule has 0 spiro atoms. The Labute approximate surface area is 246 Å². The molecule has 5 nitrogen and oxygen atoms in total. The van der Waals surface area contributed by atoms with E-state index in [0.29, 0.717) is 40.1 Å². The molecule has 3 aliphatic rings. The average molecular weight is 574 g/mol. The molecule has 208 valence electrons. The van der Waals surface area contributed by atoms with E-state index in [1.807, 2.05) is 60.7 Å². The van der Waals surface area contributed by atoms with Crippen molar-refractivity contribution < 1.29 is 10.2 Å². The monoisotopic (exact) mass is 573 g/mol. The van der Waals surface area contributed by atoms with Crippen molar-refractivity contribution in [1.29, 1.82) is 0 Å². The molecule has 0 heterocycles. The zero-order valence-corrected chi connectivity index (χ0v) is 24.3. The van der Waals surface area contributed by atoms with Crippen LogP contribution in [0.3, 0.4) is 0 Å². The summed E-state index contributed by atoms with van der Waals surface area (Å²) in [6.45, 7) is 2.31. The summed E-state index contributed by atoms with van der Waals surface area (Å²) in [7, 11) is 0. The van der Waals surface area contributed by atoms with E-state index < -0.39 is 0 Å². The summed E-state index contributed by atoms with van der Waals surface area (Å²) >= 11 is 11.7. The molecule has 7 heteroatoms. The molecule has 3 aromatic rings. The number of aliphatic hydroxyl groups is 1. The van der Waals surface area contributed by atoms with Crippen LogP contribution in [-0.4, -0.2) is 27.1 Å². The number of halogens is 1. The number of aryl methyl sites for hydroxylation is 1. The van der Waals surface area contributed by atoms with Gasteiger partial charge >= 0.3 is 0 Å². The predicted octanol–water partition coefficient (Wildman–Crippen LogP) is 7.20. The summed E-state index contributed by atoms with van der Waals surface area (Å²) in [6.07, 6.45) is 6.57. The lowest BCUT2D eigenvalue weighted by Gasteiger charge is -2.50. The van der Waals surface area contributed by atoms with E-state index in [1.165, 1.54) is 11.1 Å². The van der Waals surface area contributed by atoms with Gasteiger partial charge < -0.3 is 15.5 Å². The Kier molecular flexibility index (Phi) is 7.60. The minimum atomic E-state index is -0.177. The molecular weight excluding hydrogens is 538 g/mol. The molecule has 0 amide bonds. The van der Waals surface area contributed by atoms with E-state index >= 15 is 0 Å². The van der Waals surface area contributed by atoms with Crippen molar-refractivity contribution in [2.75, 3.05) is 5.32 Å². The molecule has 4 N–H and O–H groups in total. The van der Waals surface area contributed by atoms with Crippen LogP contribution in [0.4, 0.5) is 5.69 Å². The maximum Gasteiger partial charge on any atom is 0.191 e. The lowest BCUT2D eigenvalue weighted by Crippen LogP contribution is -2.43. The van der Waals surface area contributed by atoms with Crippen molar-refractivity contribution in [3.63, 3.8) is 0 Å². The molecule has 40 heavy (non-hydrogen) atoms. The average Bonchev–Trinajstić information content (AvgIpc) is 3.26. The number of phenolic OH excluding ortho intramolecular Hbond substituents is 1. The van der Waals surface area contributed by atoms with Crippen LogP contribution in [0.15, 0.2) is 71.8 Å². The third kappa shape index (κ3) is 5.25. The first-order valence-electron chi connectivity index (χ1n) is 14.3. The van der Waals surface area contributed by atoms with Crippen LogP contribution in [0.1, 0.15) is 67.2 Å². The van der Waals surface area contributed by atoms with Crippen LogP contribution >= 0.6 is 23.8 Å². The zero-order valence-electron chi connectivity index (χ0n) is 22.7. The molecule has 0 aromatic heterocycles. The summed E-state index contributed by atoms with van der Waals surface area (Å²) < 4.78 is 0. The first-order chi connectivity index (χ1) is 19.3. The van der Waals surface area contributed by atoms with Gasteiger partial charge in [0.25, 0.3) is 0 Å². The van der Waals surface area contributed by atoms with Gasteiger partial charge in [0.1, 0.15) is 5.75 Å². The van der Waals surface area contributed by atoms with Gasteiger partial charge in [-0.1, -0.05) is 54.9 Å². The second-order valence-corrected chi connectivity index (χ2v) is 12.8. The molecular formula is C33H36ClN3O2S. The normalized spacial score (nSPS) is 27.3. The van der Waals surface area contributed by atoms with Crippen LogP contribution in [0.25, 0.3) is 0 Å². The first kappa shape index (κ1) is 27.3. The summed E-state index contributed by atoms with van der Waals surface area (Å²) in [5.41, 5.74) is 9.08. The quantitative estimate of drug-likeness (QED) is 0.148. The minimum Gasteiger partial charge on any atom is -0.508 e.